The highest BCUT2D eigenvalue weighted by Crippen LogP contribution is 2.19. The second-order valence-corrected chi connectivity index (χ2v) is 4.80. The Kier molecular flexibility index (Phi) is 3.36. The van der Waals surface area contributed by atoms with Crippen LogP contribution < -0.4 is 0 Å². The molecule has 0 bridgehead atoms. The first-order valence-electron chi connectivity index (χ1n) is 5.88. The first-order chi connectivity index (χ1) is 8.47. The fraction of sp³-hybridized carbons (Fsp3) is 0.583. The van der Waals surface area contributed by atoms with Crippen molar-refractivity contribution in [3.8, 4) is 0 Å². The Balaban J connectivity index is 1.95. The van der Waals surface area contributed by atoms with Crippen molar-refractivity contribution >= 4 is 11.8 Å². The van der Waals surface area contributed by atoms with Crippen LogP contribution >= 0.6 is 0 Å². The minimum Gasteiger partial charge on any atom is -0.361 e. The number of aryl methyl sites for hydroxylation is 1. The van der Waals surface area contributed by atoms with Gasteiger partial charge in [-0.2, -0.15) is 0 Å². The smallest absolute Gasteiger partial charge is 0.228 e. The van der Waals surface area contributed by atoms with Gasteiger partial charge in [0, 0.05) is 33.1 Å². The van der Waals surface area contributed by atoms with Gasteiger partial charge in [-0.05, 0) is 6.92 Å². The predicted octanol–water partition coefficient (Wildman–Crippen LogP) is 0.420. The number of carbonyl (C=O) groups is 2. The molecule has 18 heavy (non-hydrogen) atoms. The molecule has 0 aromatic carbocycles. The molecule has 1 fully saturated rings. The molecular formula is C12H17N3O3. The normalized spacial score (nSPS) is 19.4. The molecule has 0 radical (unpaired) electrons. The van der Waals surface area contributed by atoms with Gasteiger partial charge in [-0.25, -0.2) is 0 Å². The molecule has 1 aliphatic rings. The van der Waals surface area contributed by atoms with Gasteiger partial charge in [0.05, 0.1) is 12.5 Å². The molecule has 1 aromatic heterocycles. The number of likely N-dealkylation sites (tertiary alicyclic amines) is 1. The van der Waals surface area contributed by atoms with Crippen molar-refractivity contribution in [2.24, 2.45) is 5.92 Å². The van der Waals surface area contributed by atoms with Crippen molar-refractivity contribution in [2.75, 3.05) is 20.6 Å². The van der Waals surface area contributed by atoms with Crippen LogP contribution in [0.5, 0.6) is 0 Å². The van der Waals surface area contributed by atoms with Gasteiger partial charge in [-0.15, -0.1) is 0 Å². The maximum Gasteiger partial charge on any atom is 0.228 e. The topological polar surface area (TPSA) is 66.7 Å². The molecular weight excluding hydrogens is 234 g/mol. The Morgan fingerprint density at radius 3 is 2.89 bits per heavy atom. The summed E-state index contributed by atoms with van der Waals surface area (Å²) < 4.78 is 4.95. The Labute approximate surface area is 106 Å². The third-order valence-corrected chi connectivity index (χ3v) is 3.14. The molecule has 6 heteroatoms. The van der Waals surface area contributed by atoms with E-state index < -0.39 is 0 Å². The van der Waals surface area contributed by atoms with Crippen LogP contribution in [-0.4, -0.2) is 47.4 Å². The SMILES string of the molecule is Cc1cc(CN(C)C(=O)[C@H]2CC(=O)N(C)C2)no1. The summed E-state index contributed by atoms with van der Waals surface area (Å²) in [5.41, 5.74) is 0.723. The van der Waals surface area contributed by atoms with Crippen molar-refractivity contribution in [2.45, 2.75) is 19.9 Å². The van der Waals surface area contributed by atoms with E-state index in [-0.39, 0.29) is 17.7 Å². The number of hydrogen-bond acceptors (Lipinski definition) is 4. The second kappa shape index (κ2) is 4.80. The Hall–Kier alpha value is -1.85. The summed E-state index contributed by atoms with van der Waals surface area (Å²) in [5, 5.41) is 3.85. The lowest BCUT2D eigenvalue weighted by atomic mass is 10.1. The maximum atomic E-state index is 12.1. The second-order valence-electron chi connectivity index (χ2n) is 4.80. The molecule has 1 atom stereocenters. The molecule has 0 unspecified atom stereocenters. The summed E-state index contributed by atoms with van der Waals surface area (Å²) in [7, 11) is 3.44. The molecule has 6 nitrogen and oxygen atoms in total. The van der Waals surface area contributed by atoms with Crippen LogP contribution in [0.15, 0.2) is 10.6 Å². The van der Waals surface area contributed by atoms with E-state index in [2.05, 4.69) is 5.16 Å². The molecule has 2 amide bonds. The van der Waals surface area contributed by atoms with Crippen LogP contribution in [0, 0.1) is 12.8 Å². The van der Waals surface area contributed by atoms with E-state index in [1.54, 1.807) is 30.0 Å². The lowest BCUT2D eigenvalue weighted by Crippen LogP contribution is -2.33. The number of amides is 2. The highest BCUT2D eigenvalue weighted by molar-refractivity contribution is 5.88. The molecule has 0 N–H and O–H groups in total. The van der Waals surface area contributed by atoms with Gasteiger partial charge in [-0.3, -0.25) is 9.59 Å². The van der Waals surface area contributed by atoms with Crippen LogP contribution in [-0.2, 0) is 16.1 Å². The first-order valence-corrected chi connectivity index (χ1v) is 5.88. The van der Waals surface area contributed by atoms with Gasteiger partial charge in [0.15, 0.2) is 0 Å². The highest BCUT2D eigenvalue weighted by atomic mass is 16.5. The molecule has 2 heterocycles. The van der Waals surface area contributed by atoms with Gasteiger partial charge >= 0.3 is 0 Å². The summed E-state index contributed by atoms with van der Waals surface area (Å²) in [6, 6.07) is 1.80. The van der Waals surface area contributed by atoms with Gasteiger partial charge in [0.1, 0.15) is 11.5 Å². The summed E-state index contributed by atoms with van der Waals surface area (Å²) in [4.78, 5) is 26.7. The minimum absolute atomic E-state index is 0.0200. The van der Waals surface area contributed by atoms with Gasteiger partial charge in [0.2, 0.25) is 11.8 Å². The third-order valence-electron chi connectivity index (χ3n) is 3.14. The molecule has 98 valence electrons. The van der Waals surface area contributed by atoms with E-state index >= 15 is 0 Å². The van der Waals surface area contributed by atoms with Crippen LogP contribution in [0.3, 0.4) is 0 Å². The monoisotopic (exact) mass is 251 g/mol. The predicted molar refractivity (Wildman–Crippen MR) is 63.5 cm³/mol. The molecule has 1 saturated heterocycles. The van der Waals surface area contributed by atoms with E-state index in [1.807, 2.05) is 6.92 Å². The summed E-state index contributed by atoms with van der Waals surface area (Å²) in [6.07, 6.45) is 0.303. The zero-order valence-corrected chi connectivity index (χ0v) is 10.8. The van der Waals surface area contributed by atoms with Crippen LogP contribution in [0.4, 0.5) is 0 Å². The number of aromatic nitrogens is 1. The van der Waals surface area contributed by atoms with Crippen molar-refractivity contribution in [3.05, 3.63) is 17.5 Å². The maximum absolute atomic E-state index is 12.1. The molecule has 0 saturated carbocycles. The molecule has 2 rings (SSSR count). The largest absolute Gasteiger partial charge is 0.361 e. The van der Waals surface area contributed by atoms with Crippen molar-refractivity contribution in [3.63, 3.8) is 0 Å². The number of hydrogen-bond donors (Lipinski definition) is 0. The zero-order chi connectivity index (χ0) is 13.3. The molecule has 0 aliphatic carbocycles. The lowest BCUT2D eigenvalue weighted by molar-refractivity contribution is -0.135. The van der Waals surface area contributed by atoms with Crippen LogP contribution in [0.25, 0.3) is 0 Å². The summed E-state index contributed by atoms with van der Waals surface area (Å²) in [5.74, 6) is 0.495. The number of nitrogens with zero attached hydrogens (tertiary/aromatic N) is 3. The molecule has 1 aromatic rings. The third kappa shape index (κ3) is 2.52. The van der Waals surface area contributed by atoms with E-state index in [9.17, 15) is 9.59 Å². The van der Waals surface area contributed by atoms with E-state index in [0.29, 0.717) is 19.5 Å². The standard InChI is InChI=1S/C12H17N3O3/c1-8-4-10(13-18-8)7-15(3)12(17)9-5-11(16)14(2)6-9/h4,9H,5-7H2,1-3H3/t9-/m0/s1. The van der Waals surface area contributed by atoms with Gasteiger partial charge in [0.25, 0.3) is 0 Å². The average Bonchev–Trinajstić information content (AvgIpc) is 2.85. The Bertz CT molecular complexity index is 469. The first kappa shape index (κ1) is 12.6. The minimum atomic E-state index is -0.236. The highest BCUT2D eigenvalue weighted by Gasteiger charge is 2.33. The average molecular weight is 251 g/mol. The van der Waals surface area contributed by atoms with Crippen molar-refractivity contribution in [1.29, 1.82) is 0 Å². The van der Waals surface area contributed by atoms with Crippen LogP contribution in [0.1, 0.15) is 17.9 Å². The molecule has 0 spiro atoms. The van der Waals surface area contributed by atoms with Gasteiger partial charge < -0.3 is 14.3 Å². The lowest BCUT2D eigenvalue weighted by Gasteiger charge is -2.19. The van der Waals surface area contributed by atoms with Crippen molar-refractivity contribution < 1.29 is 14.1 Å². The molecule has 1 aliphatic heterocycles. The van der Waals surface area contributed by atoms with E-state index in [0.717, 1.165) is 11.5 Å². The number of carbonyl (C=O) groups excluding carboxylic acids is 2. The number of rotatable bonds is 3. The van der Waals surface area contributed by atoms with Crippen molar-refractivity contribution in [1.82, 2.24) is 15.0 Å². The Morgan fingerprint density at radius 2 is 2.39 bits per heavy atom. The van der Waals surface area contributed by atoms with Crippen LogP contribution in [0.2, 0.25) is 0 Å². The van der Waals surface area contributed by atoms with E-state index in [4.69, 9.17) is 4.52 Å². The van der Waals surface area contributed by atoms with Gasteiger partial charge in [-0.1, -0.05) is 5.16 Å². The quantitative estimate of drug-likeness (QED) is 0.781. The fourth-order valence-corrected chi connectivity index (χ4v) is 2.15. The zero-order valence-electron chi connectivity index (χ0n) is 10.8. The van der Waals surface area contributed by atoms with E-state index in [1.165, 1.54) is 0 Å². The summed E-state index contributed by atoms with van der Waals surface area (Å²) >= 11 is 0. The fourth-order valence-electron chi connectivity index (χ4n) is 2.15. The Morgan fingerprint density at radius 1 is 1.67 bits per heavy atom. The summed E-state index contributed by atoms with van der Waals surface area (Å²) in [6.45, 7) is 2.72.